The van der Waals surface area contributed by atoms with Crippen molar-refractivity contribution in [3.63, 3.8) is 0 Å². The Morgan fingerprint density at radius 2 is 1.81 bits per heavy atom. The summed E-state index contributed by atoms with van der Waals surface area (Å²) in [5.74, 6) is 1.39. The molecule has 7 heteroatoms. The third-order valence-electron chi connectivity index (χ3n) is 6.18. The lowest BCUT2D eigenvalue weighted by atomic mass is 9.76. The Bertz CT molecular complexity index is 1200. The minimum absolute atomic E-state index is 0.386. The molecule has 0 spiro atoms. The van der Waals surface area contributed by atoms with Crippen LogP contribution in [0.15, 0.2) is 61.4 Å². The van der Waals surface area contributed by atoms with Crippen LogP contribution in [0.2, 0.25) is 0 Å². The quantitative estimate of drug-likeness (QED) is 0.247. The summed E-state index contributed by atoms with van der Waals surface area (Å²) >= 11 is 0. The number of aliphatic hydroxyl groups is 1. The first-order valence-corrected chi connectivity index (χ1v) is 10.6. The molecule has 32 heavy (non-hydrogen) atoms. The molecule has 1 aromatic heterocycles. The Morgan fingerprint density at radius 1 is 1.09 bits per heavy atom. The van der Waals surface area contributed by atoms with Gasteiger partial charge in [-0.05, 0) is 67.5 Å². The fourth-order valence-electron chi connectivity index (χ4n) is 4.21. The fourth-order valence-corrected chi connectivity index (χ4v) is 4.21. The molecule has 0 unspecified atom stereocenters. The summed E-state index contributed by atoms with van der Waals surface area (Å²) in [4.78, 5) is 8.21. The van der Waals surface area contributed by atoms with Gasteiger partial charge < -0.3 is 20.3 Å². The summed E-state index contributed by atoms with van der Waals surface area (Å²) in [6.07, 6.45) is 10.9. The summed E-state index contributed by atoms with van der Waals surface area (Å²) in [7, 11) is 0. The predicted octanol–water partition coefficient (Wildman–Crippen LogP) is 4.40. The molecule has 162 valence electrons. The lowest BCUT2D eigenvalue weighted by Crippen LogP contribution is -2.37. The second-order valence-electron chi connectivity index (χ2n) is 8.36. The molecule has 1 saturated carbocycles. The monoisotopic (exact) mass is 428 g/mol. The maximum atomic E-state index is 10.5. The highest BCUT2D eigenvalue weighted by atomic mass is 16.5. The first kappa shape index (κ1) is 20.2. The van der Waals surface area contributed by atoms with E-state index in [0.717, 1.165) is 65.5 Å². The number of nitrogens with one attached hydrogen (secondary N) is 1. The number of benzene rings is 2. The van der Waals surface area contributed by atoms with E-state index >= 15 is 0 Å². The first-order chi connectivity index (χ1) is 15.5. The molecule has 0 bridgehead atoms. The Morgan fingerprint density at radius 3 is 2.50 bits per heavy atom. The molecular weight excluding hydrogens is 404 g/mol. The van der Waals surface area contributed by atoms with E-state index in [0.29, 0.717) is 11.5 Å². The van der Waals surface area contributed by atoms with Gasteiger partial charge in [0.1, 0.15) is 24.1 Å². The van der Waals surface area contributed by atoms with Crippen LogP contribution < -0.4 is 10.5 Å². The number of nitrogens with zero attached hydrogens (tertiary/aromatic N) is 2. The van der Waals surface area contributed by atoms with Crippen LogP contribution in [0.25, 0.3) is 16.7 Å². The highest BCUT2D eigenvalue weighted by Gasteiger charge is 2.33. The average Bonchev–Trinajstić information content (AvgIpc) is 2.79. The van der Waals surface area contributed by atoms with E-state index in [1.54, 1.807) is 12.4 Å². The molecule has 3 aromatic rings. The van der Waals surface area contributed by atoms with Crippen molar-refractivity contribution in [1.82, 2.24) is 9.97 Å². The van der Waals surface area contributed by atoms with Crippen molar-refractivity contribution in [3.8, 4) is 22.6 Å². The van der Waals surface area contributed by atoms with Crippen molar-refractivity contribution in [2.75, 3.05) is 0 Å². The third-order valence-corrected chi connectivity index (χ3v) is 6.18. The molecule has 0 amide bonds. The molecule has 2 heterocycles. The highest BCUT2D eigenvalue weighted by molar-refractivity contribution is 5.90. The number of ether oxygens (including phenoxy) is 2. The molecule has 1 aliphatic carbocycles. The maximum absolute atomic E-state index is 10.5. The number of aromatic nitrogens is 2. The van der Waals surface area contributed by atoms with E-state index in [1.807, 2.05) is 30.3 Å². The van der Waals surface area contributed by atoms with E-state index in [2.05, 4.69) is 16.0 Å². The smallest absolute Gasteiger partial charge is 0.284 e. The van der Waals surface area contributed by atoms with Crippen LogP contribution in [-0.4, -0.2) is 26.7 Å². The Labute approximate surface area is 186 Å². The van der Waals surface area contributed by atoms with Gasteiger partial charge in [0.05, 0.1) is 5.60 Å². The highest BCUT2D eigenvalue weighted by Crippen LogP contribution is 2.45. The van der Waals surface area contributed by atoms with Gasteiger partial charge in [-0.25, -0.2) is 9.97 Å². The number of hydrogen-bond acceptors (Lipinski definition) is 6. The lowest BCUT2D eigenvalue weighted by molar-refractivity contribution is -0.0397. The van der Waals surface area contributed by atoms with E-state index in [4.69, 9.17) is 20.6 Å². The van der Waals surface area contributed by atoms with Crippen LogP contribution in [0.1, 0.15) is 42.4 Å². The fraction of sp³-hybridized carbons (Fsp3) is 0.240. The molecular formula is C25H24N4O3. The van der Waals surface area contributed by atoms with Crippen molar-refractivity contribution >= 4 is 11.6 Å². The van der Waals surface area contributed by atoms with E-state index in [1.165, 1.54) is 12.6 Å². The zero-order valence-electron chi connectivity index (χ0n) is 17.5. The van der Waals surface area contributed by atoms with Gasteiger partial charge in [0.2, 0.25) is 0 Å². The Balaban J connectivity index is 1.53. The number of fused-ring (bicyclic) bond motifs is 2. The van der Waals surface area contributed by atoms with Crippen LogP contribution in [0.5, 0.6) is 11.5 Å². The van der Waals surface area contributed by atoms with E-state index in [-0.39, 0.29) is 6.02 Å². The van der Waals surface area contributed by atoms with Crippen molar-refractivity contribution in [1.29, 1.82) is 5.41 Å². The maximum Gasteiger partial charge on any atom is 0.284 e. The van der Waals surface area contributed by atoms with Crippen LogP contribution in [0.4, 0.5) is 0 Å². The topological polar surface area (TPSA) is 114 Å². The number of nitrogens with two attached hydrogens (primary N) is 1. The number of aryl methyl sites for hydroxylation is 1. The molecule has 1 fully saturated rings. The summed E-state index contributed by atoms with van der Waals surface area (Å²) in [5.41, 5.74) is 10.3. The summed E-state index contributed by atoms with van der Waals surface area (Å²) in [5, 5.41) is 18.0. The molecule has 1 aliphatic heterocycles. The normalized spacial score (nSPS) is 17.0. The van der Waals surface area contributed by atoms with Gasteiger partial charge in [-0.15, -0.1) is 0 Å². The second-order valence-corrected chi connectivity index (χ2v) is 8.36. The molecule has 2 aromatic carbocycles. The molecule has 0 saturated heterocycles. The third kappa shape index (κ3) is 3.94. The largest absolute Gasteiger partial charge is 0.456 e. The molecule has 2 aliphatic rings. The van der Waals surface area contributed by atoms with E-state index in [9.17, 15) is 5.11 Å². The van der Waals surface area contributed by atoms with Crippen LogP contribution in [0, 0.1) is 5.41 Å². The van der Waals surface area contributed by atoms with Crippen LogP contribution in [-0.2, 0) is 11.2 Å². The lowest BCUT2D eigenvalue weighted by Gasteiger charge is -2.36. The molecule has 0 radical (unpaired) electrons. The van der Waals surface area contributed by atoms with Crippen molar-refractivity contribution in [2.24, 2.45) is 5.73 Å². The zero-order valence-corrected chi connectivity index (χ0v) is 17.5. The van der Waals surface area contributed by atoms with Gasteiger partial charge >= 0.3 is 0 Å². The van der Waals surface area contributed by atoms with Gasteiger partial charge in [0.15, 0.2) is 0 Å². The number of hydrogen-bond donors (Lipinski definition) is 3. The minimum Gasteiger partial charge on any atom is -0.456 e. The summed E-state index contributed by atoms with van der Waals surface area (Å²) in [6.45, 7) is 0. The zero-order chi connectivity index (χ0) is 22.1. The second kappa shape index (κ2) is 8.09. The van der Waals surface area contributed by atoms with Crippen LogP contribution >= 0.6 is 0 Å². The SMILES string of the molecule is N=C(N)OC=C1c2cc(CCC3(O)CCC3)ccc2Oc2ccc(-c3cncnc3)cc21. The van der Waals surface area contributed by atoms with Gasteiger partial charge in [-0.3, -0.25) is 5.41 Å². The molecule has 0 atom stereocenters. The minimum atomic E-state index is -0.526. The van der Waals surface area contributed by atoms with Crippen molar-refractivity contribution in [2.45, 2.75) is 37.7 Å². The first-order valence-electron chi connectivity index (χ1n) is 10.6. The standard InChI is InChI=1S/C25H24N4O3/c26-24(27)31-14-21-19-10-16(6-9-25(30)7-1-8-25)2-4-22(19)32-23-5-3-17(11-20(21)23)18-12-28-15-29-13-18/h2-5,10-15,30H,1,6-9H2,(H3,26,27). The average molecular weight is 428 g/mol. The predicted molar refractivity (Wildman–Crippen MR) is 121 cm³/mol. The van der Waals surface area contributed by atoms with Gasteiger partial charge in [-0.1, -0.05) is 12.1 Å². The van der Waals surface area contributed by atoms with Crippen molar-refractivity contribution in [3.05, 3.63) is 78.1 Å². The number of rotatable bonds is 5. The Kier molecular flexibility index (Phi) is 5.11. The van der Waals surface area contributed by atoms with Gasteiger partial charge in [0.25, 0.3) is 6.02 Å². The van der Waals surface area contributed by atoms with Crippen LogP contribution in [0.3, 0.4) is 0 Å². The molecule has 4 N–H and O–H groups in total. The summed E-state index contributed by atoms with van der Waals surface area (Å²) in [6, 6.07) is 11.5. The Hall–Kier alpha value is -3.71. The van der Waals surface area contributed by atoms with Gasteiger partial charge in [-0.2, -0.15) is 0 Å². The number of amidine groups is 1. The molecule has 7 nitrogen and oxygen atoms in total. The molecule has 5 rings (SSSR count). The van der Waals surface area contributed by atoms with E-state index < -0.39 is 5.60 Å². The summed E-state index contributed by atoms with van der Waals surface area (Å²) < 4.78 is 11.5. The van der Waals surface area contributed by atoms with Gasteiger partial charge in [0, 0.05) is 34.7 Å². The van der Waals surface area contributed by atoms with Crippen molar-refractivity contribution < 1.29 is 14.6 Å².